The second kappa shape index (κ2) is 14.0. The largest absolute Gasteiger partial charge is 0.328 e. The summed E-state index contributed by atoms with van der Waals surface area (Å²) in [4.78, 5) is 54.1. The zero-order valence-corrected chi connectivity index (χ0v) is 26.1. The van der Waals surface area contributed by atoms with Crippen molar-refractivity contribution < 1.29 is 14.4 Å². The van der Waals surface area contributed by atoms with Gasteiger partial charge in [-0.25, -0.2) is 14.8 Å². The lowest BCUT2D eigenvalue weighted by Gasteiger charge is -2.29. The number of carbonyl (C=O) groups is 3. The van der Waals surface area contributed by atoms with Gasteiger partial charge in [0, 0.05) is 72.8 Å². The molecule has 3 N–H and O–H groups in total. The number of nitrogens with one attached hydrogen (secondary N) is 3. The van der Waals surface area contributed by atoms with E-state index in [9.17, 15) is 14.4 Å². The van der Waals surface area contributed by atoms with Crippen LogP contribution in [0.1, 0.15) is 33.5 Å². The van der Waals surface area contributed by atoms with Crippen LogP contribution in [0.3, 0.4) is 0 Å². The van der Waals surface area contributed by atoms with E-state index >= 15 is 0 Å². The summed E-state index contributed by atoms with van der Waals surface area (Å²) < 4.78 is 0. The van der Waals surface area contributed by atoms with E-state index < -0.39 is 6.03 Å². The van der Waals surface area contributed by atoms with Gasteiger partial charge in [-0.3, -0.25) is 29.7 Å². The third kappa shape index (κ3) is 7.66. The summed E-state index contributed by atoms with van der Waals surface area (Å²) >= 11 is 0. The Bertz CT molecular complexity index is 1910. The van der Waals surface area contributed by atoms with Crippen LogP contribution in [0.25, 0.3) is 11.3 Å². The Morgan fingerprint density at radius 1 is 0.957 bits per heavy atom. The molecule has 0 atom stereocenters. The number of benzene rings is 3. The molecule has 0 saturated carbocycles. The lowest BCUT2D eigenvalue weighted by Crippen LogP contribution is -2.50. The highest BCUT2D eigenvalue weighted by molar-refractivity contribution is 6.06. The first-order valence-corrected chi connectivity index (χ1v) is 15.2. The van der Waals surface area contributed by atoms with Crippen LogP contribution in [0.15, 0.2) is 104 Å². The summed E-state index contributed by atoms with van der Waals surface area (Å²) in [5.74, 6) is -0.0370. The van der Waals surface area contributed by atoms with Crippen LogP contribution in [0.5, 0.6) is 0 Å². The fourth-order valence-electron chi connectivity index (χ4n) is 5.37. The van der Waals surface area contributed by atoms with Crippen molar-refractivity contribution in [3.63, 3.8) is 0 Å². The van der Waals surface area contributed by atoms with Crippen LogP contribution in [-0.2, 0) is 17.9 Å². The molecule has 5 aromatic rings. The van der Waals surface area contributed by atoms with Gasteiger partial charge >= 0.3 is 6.03 Å². The second-order valence-electron chi connectivity index (χ2n) is 11.4. The van der Waals surface area contributed by atoms with Crippen molar-refractivity contribution in [3.05, 3.63) is 126 Å². The summed E-state index contributed by atoms with van der Waals surface area (Å²) in [6.45, 7) is 3.56. The van der Waals surface area contributed by atoms with E-state index in [0.717, 1.165) is 39.3 Å². The summed E-state index contributed by atoms with van der Waals surface area (Å²) in [5, 5.41) is 8.65. The molecular weight excluding hydrogens is 592 g/mol. The van der Waals surface area contributed by atoms with Crippen molar-refractivity contribution in [1.82, 2.24) is 25.2 Å². The summed E-state index contributed by atoms with van der Waals surface area (Å²) in [6, 6.07) is 26.1. The average Bonchev–Trinajstić information content (AvgIpc) is 3.07. The van der Waals surface area contributed by atoms with Gasteiger partial charge in [-0.15, -0.1) is 0 Å². The van der Waals surface area contributed by atoms with Crippen molar-refractivity contribution in [3.8, 4) is 11.3 Å². The SMILES string of the molecule is Cc1ccc(NC(=O)c2ccc(CN(C)Cc3ccccc3N3CCC(=O)NC3=O)cc2)cc1Nc1nccc(-c2cccnc2)n1. The first kappa shape index (κ1) is 31.1. The fraction of sp³-hybridized carbons (Fsp3) is 0.167. The molecule has 6 rings (SSSR count). The maximum absolute atomic E-state index is 13.1. The van der Waals surface area contributed by atoms with Gasteiger partial charge in [-0.2, -0.15) is 0 Å². The standard InChI is InChI=1S/C36H34N8O3/c1-24-9-14-29(20-31(24)41-35-38-18-15-30(40-35)27-7-5-17-37-21-27)39-34(46)26-12-10-25(11-13-26)22-43(2)23-28-6-3-4-8-32(28)44-19-16-33(45)42-36(44)47/h3-15,17-18,20-21H,16,19,22-23H2,1-2H3,(H,39,46)(H,38,40,41)(H,42,45,47). The van der Waals surface area contributed by atoms with Gasteiger partial charge in [0.2, 0.25) is 11.9 Å². The highest BCUT2D eigenvalue weighted by Gasteiger charge is 2.26. The molecule has 0 aliphatic carbocycles. The number of urea groups is 1. The van der Waals surface area contributed by atoms with Gasteiger partial charge in [0.25, 0.3) is 5.91 Å². The van der Waals surface area contributed by atoms with E-state index in [4.69, 9.17) is 0 Å². The van der Waals surface area contributed by atoms with Crippen LogP contribution in [0.2, 0.25) is 0 Å². The zero-order valence-electron chi connectivity index (χ0n) is 26.1. The molecule has 0 radical (unpaired) electrons. The molecule has 0 spiro atoms. The molecule has 2 aromatic heterocycles. The number of nitrogens with zero attached hydrogens (tertiary/aromatic N) is 5. The minimum Gasteiger partial charge on any atom is -0.324 e. The van der Waals surface area contributed by atoms with Crippen LogP contribution in [0, 0.1) is 6.92 Å². The summed E-state index contributed by atoms with van der Waals surface area (Å²) in [7, 11) is 2.00. The van der Waals surface area contributed by atoms with Gasteiger partial charge in [-0.05, 0) is 79.2 Å². The molecule has 236 valence electrons. The molecule has 1 aliphatic rings. The first-order chi connectivity index (χ1) is 22.8. The lowest BCUT2D eigenvalue weighted by atomic mass is 10.1. The van der Waals surface area contributed by atoms with Crippen LogP contribution in [0.4, 0.5) is 27.8 Å². The topological polar surface area (TPSA) is 132 Å². The molecule has 11 heteroatoms. The quantitative estimate of drug-likeness (QED) is 0.174. The molecule has 3 heterocycles. The van der Waals surface area contributed by atoms with Crippen molar-refractivity contribution >= 4 is 40.9 Å². The van der Waals surface area contributed by atoms with E-state index in [0.29, 0.717) is 36.8 Å². The molecule has 11 nitrogen and oxygen atoms in total. The molecule has 1 fully saturated rings. The first-order valence-electron chi connectivity index (χ1n) is 15.2. The van der Waals surface area contributed by atoms with Crippen LogP contribution < -0.4 is 20.9 Å². The van der Waals surface area contributed by atoms with Crippen molar-refractivity contribution in [2.45, 2.75) is 26.4 Å². The summed E-state index contributed by atoms with van der Waals surface area (Å²) in [6.07, 6.45) is 5.44. The summed E-state index contributed by atoms with van der Waals surface area (Å²) in [5.41, 5.74) is 7.38. The molecule has 4 amide bonds. The number of aryl methyl sites for hydroxylation is 1. The number of pyridine rings is 1. The Balaban J connectivity index is 1.07. The smallest absolute Gasteiger partial charge is 0.324 e. The van der Waals surface area contributed by atoms with Crippen molar-refractivity contribution in [2.75, 3.05) is 29.1 Å². The van der Waals surface area contributed by atoms with Crippen molar-refractivity contribution in [2.24, 2.45) is 0 Å². The Kier molecular flexibility index (Phi) is 9.26. The third-order valence-corrected chi connectivity index (χ3v) is 7.80. The molecule has 0 bridgehead atoms. The third-order valence-electron chi connectivity index (χ3n) is 7.80. The number of para-hydroxylation sites is 1. The highest BCUT2D eigenvalue weighted by atomic mass is 16.2. The van der Waals surface area contributed by atoms with Gasteiger partial charge < -0.3 is 10.6 Å². The Labute approximate surface area is 272 Å². The van der Waals surface area contributed by atoms with Crippen LogP contribution >= 0.6 is 0 Å². The number of imide groups is 1. The predicted octanol–water partition coefficient (Wildman–Crippen LogP) is 5.92. The number of carbonyl (C=O) groups excluding carboxylic acids is 3. The van der Waals surface area contributed by atoms with Gasteiger partial charge in [0.15, 0.2) is 0 Å². The maximum atomic E-state index is 13.1. The van der Waals surface area contributed by atoms with Gasteiger partial charge in [0.05, 0.1) is 5.69 Å². The highest BCUT2D eigenvalue weighted by Crippen LogP contribution is 2.26. The van der Waals surface area contributed by atoms with E-state index in [1.54, 1.807) is 23.5 Å². The van der Waals surface area contributed by atoms with E-state index in [-0.39, 0.29) is 18.2 Å². The fourth-order valence-corrected chi connectivity index (χ4v) is 5.37. The normalized spacial score (nSPS) is 13.0. The molecule has 0 unspecified atom stereocenters. The Morgan fingerprint density at radius 3 is 2.57 bits per heavy atom. The minimum absolute atomic E-state index is 0.221. The average molecular weight is 627 g/mol. The molecule has 1 aliphatic heterocycles. The van der Waals surface area contributed by atoms with Gasteiger partial charge in [0.1, 0.15) is 0 Å². The molecule has 47 heavy (non-hydrogen) atoms. The lowest BCUT2D eigenvalue weighted by molar-refractivity contribution is -0.120. The minimum atomic E-state index is -0.399. The number of rotatable bonds is 10. The van der Waals surface area contributed by atoms with E-state index in [1.165, 1.54) is 0 Å². The van der Waals surface area contributed by atoms with Crippen LogP contribution in [-0.4, -0.2) is 51.3 Å². The maximum Gasteiger partial charge on any atom is 0.328 e. The molecular formula is C36H34N8O3. The number of aromatic nitrogens is 3. The molecule has 3 aromatic carbocycles. The number of hydrogen-bond acceptors (Lipinski definition) is 8. The predicted molar refractivity (Wildman–Crippen MR) is 181 cm³/mol. The second-order valence-corrected chi connectivity index (χ2v) is 11.4. The molecule has 1 saturated heterocycles. The Hall–Kier alpha value is -5.94. The van der Waals surface area contributed by atoms with Gasteiger partial charge in [-0.1, -0.05) is 36.4 Å². The number of anilines is 4. The monoisotopic (exact) mass is 626 g/mol. The van der Waals surface area contributed by atoms with E-state index in [2.05, 4.69) is 35.8 Å². The Morgan fingerprint density at radius 2 is 1.79 bits per heavy atom. The van der Waals surface area contributed by atoms with Crippen molar-refractivity contribution in [1.29, 1.82) is 0 Å². The number of amides is 4. The van der Waals surface area contributed by atoms with E-state index in [1.807, 2.05) is 98.9 Å². The number of hydrogen-bond donors (Lipinski definition) is 3. The zero-order chi connectivity index (χ0) is 32.8.